The van der Waals surface area contributed by atoms with Crippen molar-refractivity contribution < 1.29 is 57.0 Å². The normalized spacial score (nSPS) is 25.6. The van der Waals surface area contributed by atoms with Gasteiger partial charge >= 0.3 is 5.97 Å². The van der Waals surface area contributed by atoms with Gasteiger partial charge in [0.1, 0.15) is 36.8 Å². The minimum absolute atomic E-state index is 0.0331. The fraction of sp³-hybridized carbons (Fsp3) is 0.528. The van der Waals surface area contributed by atoms with Gasteiger partial charge in [0.25, 0.3) is 0 Å². The molecule has 0 radical (unpaired) electrons. The fourth-order valence-electron chi connectivity index (χ4n) is 6.60. The lowest BCUT2D eigenvalue weighted by Crippen LogP contribution is -2.60. The number of hydrogen-bond acceptors (Lipinski definition) is 12. The zero-order valence-corrected chi connectivity index (χ0v) is 30.3. The molecule has 0 saturated carbocycles. The molecule has 12 nitrogen and oxygen atoms in total. The first-order chi connectivity index (χ1) is 23.1. The first-order valence-electron chi connectivity index (χ1n) is 16.4. The highest BCUT2D eigenvalue weighted by Crippen LogP contribution is 2.50. The van der Waals surface area contributed by atoms with E-state index in [9.17, 15) is 9.90 Å². The molecule has 3 aromatic carbocycles. The fourth-order valence-corrected chi connectivity index (χ4v) is 7.62. The van der Waals surface area contributed by atoms with Crippen molar-refractivity contribution >= 4 is 25.1 Å². The minimum atomic E-state index is -2.18. The van der Waals surface area contributed by atoms with Crippen molar-refractivity contribution in [2.75, 3.05) is 27.6 Å². The predicted molar refractivity (Wildman–Crippen MR) is 180 cm³/mol. The number of benzene rings is 3. The molecule has 5 atom stereocenters. The van der Waals surface area contributed by atoms with Crippen molar-refractivity contribution in [2.45, 2.75) is 95.9 Å². The third-order valence-electron chi connectivity index (χ3n) is 10.2. The van der Waals surface area contributed by atoms with Crippen LogP contribution in [-0.4, -0.2) is 83.5 Å². The van der Waals surface area contributed by atoms with Gasteiger partial charge in [-0.2, -0.15) is 0 Å². The van der Waals surface area contributed by atoms with Crippen LogP contribution in [0.2, 0.25) is 18.1 Å². The van der Waals surface area contributed by atoms with Crippen LogP contribution in [0.4, 0.5) is 0 Å². The summed E-state index contributed by atoms with van der Waals surface area (Å²) < 4.78 is 60.5. The van der Waals surface area contributed by atoms with Crippen LogP contribution in [0.25, 0.3) is 21.9 Å². The number of aliphatic hydroxyl groups excluding tert-OH is 1. The molecule has 3 aromatic rings. The van der Waals surface area contributed by atoms with Crippen LogP contribution in [0, 0.1) is 0 Å². The largest absolute Gasteiger partial charge is 0.493 e. The second kappa shape index (κ2) is 12.0. The molecule has 0 spiro atoms. The van der Waals surface area contributed by atoms with Gasteiger partial charge in [0, 0.05) is 16.5 Å². The van der Waals surface area contributed by atoms with Gasteiger partial charge in [0.2, 0.25) is 13.1 Å². The number of aliphatic hydroxyl groups is 1. The highest BCUT2D eigenvalue weighted by atomic mass is 28.4. The maximum Gasteiger partial charge on any atom is 0.339 e. The van der Waals surface area contributed by atoms with E-state index in [1.54, 1.807) is 46.3 Å². The van der Waals surface area contributed by atoms with Crippen LogP contribution in [-0.2, 0) is 30.0 Å². The second-order valence-electron chi connectivity index (χ2n) is 14.7. The van der Waals surface area contributed by atoms with Crippen LogP contribution in [0.3, 0.4) is 0 Å². The Morgan fingerprint density at radius 2 is 1.59 bits per heavy atom. The predicted octanol–water partition coefficient (Wildman–Crippen LogP) is 5.93. The topological polar surface area (TPSA) is 130 Å². The number of esters is 1. The highest BCUT2D eigenvalue weighted by Gasteiger charge is 2.56. The Hall–Kier alpha value is -3.59. The van der Waals surface area contributed by atoms with E-state index >= 15 is 0 Å². The summed E-state index contributed by atoms with van der Waals surface area (Å²) in [7, 11) is 0.909. The van der Waals surface area contributed by atoms with Crippen molar-refractivity contribution in [3.63, 3.8) is 0 Å². The number of ether oxygens (including phenoxy) is 9. The Labute approximate surface area is 286 Å². The van der Waals surface area contributed by atoms with E-state index in [1.165, 1.54) is 0 Å². The molecule has 4 heterocycles. The van der Waals surface area contributed by atoms with Gasteiger partial charge in [-0.15, -0.1) is 0 Å². The Balaban J connectivity index is 1.35. The van der Waals surface area contributed by atoms with E-state index in [-0.39, 0.29) is 25.0 Å². The van der Waals surface area contributed by atoms with Crippen LogP contribution in [0.1, 0.15) is 50.5 Å². The van der Waals surface area contributed by atoms with Gasteiger partial charge < -0.3 is 52.2 Å². The second-order valence-corrected chi connectivity index (χ2v) is 19.6. The molecule has 4 aliphatic rings. The van der Waals surface area contributed by atoms with Gasteiger partial charge in [-0.05, 0) is 67.2 Å². The molecule has 0 aliphatic carbocycles. The summed E-state index contributed by atoms with van der Waals surface area (Å²) in [5.74, 6) is 0.910. The first-order valence-corrected chi connectivity index (χ1v) is 19.3. The quantitative estimate of drug-likeness (QED) is 0.221. The van der Waals surface area contributed by atoms with E-state index in [4.69, 9.17) is 47.1 Å². The lowest BCUT2D eigenvalue weighted by Gasteiger charge is -2.42. The molecule has 7 rings (SSSR count). The van der Waals surface area contributed by atoms with E-state index in [2.05, 4.69) is 33.9 Å². The van der Waals surface area contributed by atoms with Gasteiger partial charge in [-0.1, -0.05) is 26.8 Å². The van der Waals surface area contributed by atoms with Crippen LogP contribution in [0.15, 0.2) is 30.3 Å². The van der Waals surface area contributed by atoms with Crippen molar-refractivity contribution in [1.82, 2.24) is 0 Å². The molecule has 0 amide bonds. The number of fused-ring (bicyclic) bond motifs is 4. The molecule has 0 bridgehead atoms. The molecule has 5 unspecified atom stereocenters. The summed E-state index contributed by atoms with van der Waals surface area (Å²) in [5.41, 5.74) is 2.16. The van der Waals surface area contributed by atoms with Crippen molar-refractivity contribution in [3.8, 4) is 39.9 Å². The minimum Gasteiger partial charge on any atom is -0.493 e. The molecular weight excluding hydrogens is 652 g/mol. The number of carbonyl (C=O) groups excluding carboxylic acids is 1. The third-order valence-corrected chi connectivity index (χ3v) is 14.7. The molecule has 2 fully saturated rings. The van der Waals surface area contributed by atoms with Gasteiger partial charge in [0.15, 0.2) is 37.1 Å². The average molecular weight is 697 g/mol. The Morgan fingerprint density at radius 1 is 0.918 bits per heavy atom. The Bertz CT molecular complexity index is 1800. The van der Waals surface area contributed by atoms with E-state index < -0.39 is 50.8 Å². The Kier molecular flexibility index (Phi) is 8.32. The number of cyclic esters (lactones) is 1. The molecule has 1 N–H and O–H groups in total. The molecule has 264 valence electrons. The van der Waals surface area contributed by atoms with Gasteiger partial charge in [0.05, 0.1) is 26.4 Å². The van der Waals surface area contributed by atoms with E-state index in [0.29, 0.717) is 61.8 Å². The maximum atomic E-state index is 13.5. The zero-order chi connectivity index (χ0) is 35.0. The summed E-state index contributed by atoms with van der Waals surface area (Å²) in [6, 6.07) is 9.10. The highest BCUT2D eigenvalue weighted by molar-refractivity contribution is 6.74. The monoisotopic (exact) mass is 696 g/mol. The molecule has 4 aliphatic heterocycles. The third kappa shape index (κ3) is 5.79. The van der Waals surface area contributed by atoms with Crippen LogP contribution in [0.5, 0.6) is 28.7 Å². The zero-order valence-electron chi connectivity index (χ0n) is 29.3. The van der Waals surface area contributed by atoms with Gasteiger partial charge in [-0.3, -0.25) is 0 Å². The summed E-state index contributed by atoms with van der Waals surface area (Å²) in [6.45, 7) is 14.7. The lowest BCUT2D eigenvalue weighted by atomic mass is 9.89. The van der Waals surface area contributed by atoms with E-state index in [1.807, 2.05) is 12.1 Å². The first kappa shape index (κ1) is 33.9. The van der Waals surface area contributed by atoms with Crippen molar-refractivity contribution in [1.29, 1.82) is 0 Å². The smallest absolute Gasteiger partial charge is 0.339 e. The van der Waals surface area contributed by atoms with Gasteiger partial charge in [-0.25, -0.2) is 4.79 Å². The summed E-state index contributed by atoms with van der Waals surface area (Å²) >= 11 is 0. The van der Waals surface area contributed by atoms with Crippen molar-refractivity contribution in [2.24, 2.45) is 0 Å². The lowest BCUT2D eigenvalue weighted by molar-refractivity contribution is -0.253. The number of methoxy groups -OCH3 is 2. The summed E-state index contributed by atoms with van der Waals surface area (Å²) in [5, 5.41) is 12.9. The average Bonchev–Trinajstić information content (AvgIpc) is 3.76. The molecular formula is C36H44O12Si. The van der Waals surface area contributed by atoms with Crippen LogP contribution < -0.4 is 23.7 Å². The number of hydrogen-bond donors (Lipinski definition) is 1. The molecule has 0 aromatic heterocycles. The van der Waals surface area contributed by atoms with E-state index in [0.717, 1.165) is 0 Å². The number of carbonyl (C=O) groups is 1. The number of rotatable bonds is 8. The molecule has 2 saturated heterocycles. The molecule has 13 heteroatoms. The van der Waals surface area contributed by atoms with Crippen LogP contribution >= 0.6 is 0 Å². The standard InChI is InChI=1S/C36H44O12Si/c1-35(2,3)49(8,9)44-16-26-31-32(48-36(4,5)47-31)29(37)34(45-26)46-30-20-14-24(40-7)23(39-6)13-19(20)27(28-21(30)15-41-33(28)38)18-10-11-22-25(12-18)43-17-42-22/h10-14,26,29,31-32,34,37H,15-17H2,1-9H3. The Morgan fingerprint density at radius 3 is 2.29 bits per heavy atom. The summed E-state index contributed by atoms with van der Waals surface area (Å²) in [6.07, 6.45) is -4.43. The summed E-state index contributed by atoms with van der Waals surface area (Å²) in [4.78, 5) is 13.5. The SMILES string of the molecule is COc1cc2c(OC3OC(CO[Si](C)(C)C(C)(C)C)C4OC(C)(C)OC4C3O)c3c(c(-c4ccc5c(c4)OCO5)c2cc1OC)C(=O)OC3. The van der Waals surface area contributed by atoms with Crippen molar-refractivity contribution in [3.05, 3.63) is 41.5 Å². The maximum absolute atomic E-state index is 13.5. The molecule has 49 heavy (non-hydrogen) atoms.